The molecule has 9 heteroatoms. The first-order valence-electron chi connectivity index (χ1n) is 13.6. The van der Waals surface area contributed by atoms with Gasteiger partial charge in [0.1, 0.15) is 6.61 Å². The molecule has 8 nitrogen and oxygen atoms in total. The highest BCUT2D eigenvalue weighted by Crippen LogP contribution is 2.36. The van der Waals surface area contributed by atoms with Crippen molar-refractivity contribution < 1.29 is 26.9 Å². The van der Waals surface area contributed by atoms with Crippen molar-refractivity contribution in [2.45, 2.75) is 30.3 Å². The monoisotopic (exact) mass is 586 g/mol. The molecular weight excluding hydrogens is 552 g/mol. The second kappa shape index (κ2) is 14.4. The summed E-state index contributed by atoms with van der Waals surface area (Å²) in [5, 5.41) is 5.40. The van der Waals surface area contributed by atoms with Crippen LogP contribution >= 0.6 is 0 Å². The quantitative estimate of drug-likeness (QED) is 0.211. The third-order valence-corrected chi connectivity index (χ3v) is 8.25. The Morgan fingerprint density at radius 3 is 1.86 bits per heavy atom. The molecule has 0 radical (unpaired) electrons. The number of nitrogens with one attached hydrogen (secondary N) is 2. The molecular formula is C33H34N2O6S. The Kier molecular flexibility index (Phi) is 10.5. The SMILES string of the molecule is Cc1ccc(S(=O)(=O)OCCC(CNC(=O)CNC(=O)OCc2ccccc2)(c2ccccc2)c2ccccc2)cc1. The average molecular weight is 587 g/mol. The van der Waals surface area contributed by atoms with E-state index in [0.717, 1.165) is 22.3 Å². The van der Waals surface area contributed by atoms with Gasteiger partial charge in [-0.1, -0.05) is 109 Å². The smallest absolute Gasteiger partial charge is 0.407 e. The maximum absolute atomic E-state index is 12.9. The second-order valence-electron chi connectivity index (χ2n) is 9.85. The summed E-state index contributed by atoms with van der Waals surface area (Å²) in [5.41, 5.74) is 2.70. The molecule has 0 aliphatic heterocycles. The number of ether oxygens (including phenoxy) is 1. The molecule has 0 saturated heterocycles. The lowest BCUT2D eigenvalue weighted by Crippen LogP contribution is -2.45. The van der Waals surface area contributed by atoms with E-state index in [1.54, 1.807) is 12.1 Å². The van der Waals surface area contributed by atoms with E-state index in [2.05, 4.69) is 10.6 Å². The van der Waals surface area contributed by atoms with Gasteiger partial charge in [-0.2, -0.15) is 8.42 Å². The minimum absolute atomic E-state index is 0.0802. The van der Waals surface area contributed by atoms with E-state index in [9.17, 15) is 18.0 Å². The molecule has 4 aromatic rings. The zero-order chi connectivity index (χ0) is 29.8. The number of hydrogen-bond acceptors (Lipinski definition) is 6. The van der Waals surface area contributed by atoms with E-state index < -0.39 is 27.5 Å². The molecule has 2 N–H and O–H groups in total. The Balaban J connectivity index is 1.47. The zero-order valence-corrected chi connectivity index (χ0v) is 24.2. The van der Waals surface area contributed by atoms with Crippen LogP contribution < -0.4 is 10.6 Å². The van der Waals surface area contributed by atoms with Gasteiger partial charge < -0.3 is 15.4 Å². The van der Waals surface area contributed by atoms with E-state index in [-0.39, 0.29) is 37.6 Å². The number of amides is 2. The standard InChI is InChI=1S/C33H34N2O6S/c1-26-17-19-30(20-18-26)42(38,39)41-22-21-33(28-13-7-3-8-14-28,29-15-9-4-10-16-29)25-35-31(36)23-34-32(37)40-24-27-11-5-2-6-12-27/h2-20H,21-25H2,1H3,(H,34,37)(H,35,36). The lowest BCUT2D eigenvalue weighted by molar-refractivity contribution is -0.120. The molecule has 42 heavy (non-hydrogen) atoms. The average Bonchev–Trinajstić information content (AvgIpc) is 3.02. The zero-order valence-electron chi connectivity index (χ0n) is 23.4. The molecule has 2 amide bonds. The summed E-state index contributed by atoms with van der Waals surface area (Å²) in [6.45, 7) is 1.69. The van der Waals surface area contributed by atoms with E-state index >= 15 is 0 Å². The van der Waals surface area contributed by atoms with E-state index in [1.165, 1.54) is 12.1 Å². The number of rotatable bonds is 13. The van der Waals surface area contributed by atoms with Gasteiger partial charge in [0.15, 0.2) is 0 Å². The van der Waals surface area contributed by atoms with Gasteiger partial charge in [-0.3, -0.25) is 8.98 Å². The number of aryl methyl sites for hydroxylation is 1. The number of carbonyl (C=O) groups excluding carboxylic acids is 2. The maximum atomic E-state index is 12.9. The predicted octanol–water partition coefficient (Wildman–Crippen LogP) is 5.12. The van der Waals surface area contributed by atoms with Crippen LogP contribution in [0.15, 0.2) is 120 Å². The largest absolute Gasteiger partial charge is 0.445 e. The van der Waals surface area contributed by atoms with Crippen molar-refractivity contribution in [1.29, 1.82) is 0 Å². The fourth-order valence-corrected chi connectivity index (χ4v) is 5.51. The van der Waals surface area contributed by atoms with Gasteiger partial charge in [0, 0.05) is 12.0 Å². The Hall–Kier alpha value is -4.47. The molecule has 0 heterocycles. The topological polar surface area (TPSA) is 111 Å². The van der Waals surface area contributed by atoms with Crippen molar-refractivity contribution in [1.82, 2.24) is 10.6 Å². The van der Waals surface area contributed by atoms with Gasteiger partial charge in [-0.05, 0) is 42.2 Å². The maximum Gasteiger partial charge on any atom is 0.407 e. The van der Waals surface area contributed by atoms with Gasteiger partial charge >= 0.3 is 6.09 Å². The Bertz CT molecular complexity index is 1510. The minimum Gasteiger partial charge on any atom is -0.445 e. The number of alkyl carbamates (subject to hydrolysis) is 1. The van der Waals surface area contributed by atoms with Gasteiger partial charge in [0.2, 0.25) is 5.91 Å². The molecule has 4 aromatic carbocycles. The molecule has 0 aliphatic rings. The first kappa shape index (κ1) is 30.5. The van der Waals surface area contributed by atoms with Crippen LogP contribution in [0.3, 0.4) is 0 Å². The first-order valence-corrected chi connectivity index (χ1v) is 15.0. The molecule has 0 bridgehead atoms. The number of hydrogen-bond donors (Lipinski definition) is 2. The highest BCUT2D eigenvalue weighted by Gasteiger charge is 2.35. The summed E-state index contributed by atoms with van der Waals surface area (Å²) in [6.07, 6.45) is -0.458. The van der Waals surface area contributed by atoms with Gasteiger partial charge in [-0.15, -0.1) is 0 Å². The van der Waals surface area contributed by atoms with Crippen molar-refractivity contribution in [3.05, 3.63) is 138 Å². The minimum atomic E-state index is -3.99. The molecule has 0 aliphatic carbocycles. The third kappa shape index (κ3) is 8.28. The molecule has 0 aromatic heterocycles. The lowest BCUT2D eigenvalue weighted by atomic mass is 9.72. The van der Waals surface area contributed by atoms with Crippen LogP contribution in [0.4, 0.5) is 4.79 Å². The summed E-state index contributed by atoms with van der Waals surface area (Å²) < 4.78 is 36.5. The highest BCUT2D eigenvalue weighted by atomic mass is 32.2. The fraction of sp³-hybridized carbons (Fsp3) is 0.212. The van der Waals surface area contributed by atoms with Crippen LogP contribution in [0.1, 0.15) is 28.7 Å². The van der Waals surface area contributed by atoms with Crippen LogP contribution in [0.25, 0.3) is 0 Å². The lowest BCUT2D eigenvalue weighted by Gasteiger charge is -2.35. The van der Waals surface area contributed by atoms with Crippen molar-refractivity contribution in [2.24, 2.45) is 0 Å². The second-order valence-corrected chi connectivity index (χ2v) is 11.5. The van der Waals surface area contributed by atoms with Gasteiger partial charge in [-0.25, -0.2) is 4.79 Å². The van der Waals surface area contributed by atoms with E-state index in [0.29, 0.717) is 0 Å². The normalized spacial score (nSPS) is 11.5. The summed E-state index contributed by atoms with van der Waals surface area (Å²) in [4.78, 5) is 25.1. The Labute approximate surface area is 246 Å². The molecule has 0 saturated carbocycles. The van der Waals surface area contributed by atoms with Crippen molar-refractivity contribution in [3.63, 3.8) is 0 Å². The van der Waals surface area contributed by atoms with Crippen LogP contribution in [0.5, 0.6) is 0 Å². The predicted molar refractivity (Wildman–Crippen MR) is 160 cm³/mol. The van der Waals surface area contributed by atoms with Crippen molar-refractivity contribution >= 4 is 22.1 Å². The highest BCUT2D eigenvalue weighted by molar-refractivity contribution is 7.86. The molecule has 0 fully saturated rings. The summed E-state index contributed by atoms with van der Waals surface area (Å²) in [5.74, 6) is -0.420. The van der Waals surface area contributed by atoms with Crippen LogP contribution in [0, 0.1) is 6.92 Å². The van der Waals surface area contributed by atoms with Crippen LogP contribution in [0.2, 0.25) is 0 Å². The first-order chi connectivity index (χ1) is 20.3. The third-order valence-electron chi connectivity index (χ3n) is 6.92. The molecule has 0 unspecified atom stereocenters. The van der Waals surface area contributed by atoms with Crippen LogP contribution in [-0.2, 0) is 35.9 Å². The molecule has 0 spiro atoms. The van der Waals surface area contributed by atoms with Crippen LogP contribution in [-0.4, -0.2) is 40.1 Å². The summed E-state index contributed by atoms with van der Waals surface area (Å²) in [6, 6.07) is 34.8. The Morgan fingerprint density at radius 2 is 1.29 bits per heavy atom. The van der Waals surface area contributed by atoms with Gasteiger partial charge in [0.05, 0.1) is 18.0 Å². The number of benzene rings is 4. The summed E-state index contributed by atoms with van der Waals surface area (Å²) in [7, 11) is -3.99. The number of carbonyl (C=O) groups is 2. The Morgan fingerprint density at radius 1 is 0.738 bits per heavy atom. The van der Waals surface area contributed by atoms with Crippen molar-refractivity contribution in [2.75, 3.05) is 19.7 Å². The molecule has 0 atom stereocenters. The fourth-order valence-electron chi connectivity index (χ4n) is 4.60. The molecule has 4 rings (SSSR count). The van der Waals surface area contributed by atoms with Gasteiger partial charge in [0.25, 0.3) is 10.1 Å². The molecule has 218 valence electrons. The van der Waals surface area contributed by atoms with E-state index in [4.69, 9.17) is 8.92 Å². The van der Waals surface area contributed by atoms with Crippen molar-refractivity contribution in [3.8, 4) is 0 Å². The summed E-state index contributed by atoms with van der Waals surface area (Å²) >= 11 is 0. The van der Waals surface area contributed by atoms with E-state index in [1.807, 2.05) is 97.9 Å².